The molecule has 0 fully saturated rings. The average molecular weight is 394 g/mol. The van der Waals surface area contributed by atoms with E-state index in [0.29, 0.717) is 27.9 Å². The summed E-state index contributed by atoms with van der Waals surface area (Å²) in [6.07, 6.45) is 0. The zero-order valence-corrected chi connectivity index (χ0v) is 15.7. The highest BCUT2D eigenvalue weighted by molar-refractivity contribution is 6.30. The first-order valence-corrected chi connectivity index (χ1v) is 8.97. The van der Waals surface area contributed by atoms with Crippen LogP contribution in [-0.4, -0.2) is 25.1 Å². The number of benzene rings is 2. The number of nitrogens with one attached hydrogen (secondary N) is 1. The van der Waals surface area contributed by atoms with Gasteiger partial charge in [-0.25, -0.2) is 18.9 Å². The lowest BCUT2D eigenvalue weighted by Crippen LogP contribution is -2.28. The largest absolute Gasteiger partial charge is 0.352 e. The number of nitrogens with zero attached hydrogens (tertiary/aromatic N) is 4. The summed E-state index contributed by atoms with van der Waals surface area (Å²) in [6.45, 7) is 1.62. The standard InChI is InChI=1S/C20H16ClN5O2/c1-13-11-17-24-25(12-18(27)23-16-5-3-2-4-6-16)20(28)26(17)19(22-13)14-7-9-15(21)10-8-14/h2-11H,12H2,1H3,(H,23,27). The lowest BCUT2D eigenvalue weighted by molar-refractivity contribution is -0.117. The Labute approximate surface area is 165 Å². The second-order valence-corrected chi connectivity index (χ2v) is 6.71. The van der Waals surface area contributed by atoms with Crippen molar-refractivity contribution in [1.82, 2.24) is 19.2 Å². The van der Waals surface area contributed by atoms with Crippen LogP contribution in [0, 0.1) is 6.92 Å². The Hall–Kier alpha value is -3.45. The fourth-order valence-electron chi connectivity index (χ4n) is 2.91. The van der Waals surface area contributed by atoms with Crippen LogP contribution in [0.15, 0.2) is 65.5 Å². The molecule has 4 rings (SSSR count). The molecule has 28 heavy (non-hydrogen) atoms. The van der Waals surface area contributed by atoms with Gasteiger partial charge in [-0.1, -0.05) is 29.8 Å². The highest BCUT2D eigenvalue weighted by Crippen LogP contribution is 2.20. The summed E-state index contributed by atoms with van der Waals surface area (Å²) in [7, 11) is 0. The normalized spacial score (nSPS) is 10.9. The van der Waals surface area contributed by atoms with Crippen molar-refractivity contribution in [3.05, 3.63) is 81.9 Å². The Balaban J connectivity index is 1.72. The molecule has 8 heteroatoms. The van der Waals surface area contributed by atoms with Crippen LogP contribution in [0.3, 0.4) is 0 Å². The summed E-state index contributed by atoms with van der Waals surface area (Å²) >= 11 is 5.96. The van der Waals surface area contributed by atoms with E-state index in [1.807, 2.05) is 25.1 Å². The van der Waals surface area contributed by atoms with Gasteiger partial charge in [-0.2, -0.15) is 0 Å². The zero-order chi connectivity index (χ0) is 19.7. The number of hydrogen-bond acceptors (Lipinski definition) is 4. The highest BCUT2D eigenvalue weighted by Gasteiger charge is 2.16. The van der Waals surface area contributed by atoms with E-state index in [-0.39, 0.29) is 12.5 Å². The van der Waals surface area contributed by atoms with E-state index in [1.54, 1.807) is 42.5 Å². The van der Waals surface area contributed by atoms with Gasteiger partial charge in [-0.15, -0.1) is 5.10 Å². The maximum atomic E-state index is 12.9. The molecule has 1 amide bonds. The van der Waals surface area contributed by atoms with Crippen LogP contribution in [0.4, 0.5) is 5.69 Å². The molecule has 0 aliphatic rings. The third-order valence-corrected chi connectivity index (χ3v) is 4.40. The number of carbonyl (C=O) groups is 1. The van der Waals surface area contributed by atoms with Crippen LogP contribution in [0.2, 0.25) is 5.02 Å². The van der Waals surface area contributed by atoms with Crippen LogP contribution in [0.1, 0.15) is 5.69 Å². The number of rotatable bonds is 4. The predicted molar refractivity (Wildman–Crippen MR) is 108 cm³/mol. The van der Waals surface area contributed by atoms with Crippen molar-refractivity contribution in [2.75, 3.05) is 5.32 Å². The smallest absolute Gasteiger partial charge is 0.324 e. The molecule has 0 bridgehead atoms. The summed E-state index contributed by atoms with van der Waals surface area (Å²) in [5.41, 5.74) is 2.09. The van der Waals surface area contributed by atoms with Crippen molar-refractivity contribution in [3.8, 4) is 11.4 Å². The molecule has 1 N–H and O–H groups in total. The van der Waals surface area contributed by atoms with E-state index in [9.17, 15) is 9.59 Å². The molecular formula is C20H16ClN5O2. The molecule has 2 heterocycles. The van der Waals surface area contributed by atoms with Crippen molar-refractivity contribution in [1.29, 1.82) is 0 Å². The Kier molecular flexibility index (Phi) is 4.67. The van der Waals surface area contributed by atoms with E-state index < -0.39 is 5.69 Å². The first-order chi connectivity index (χ1) is 13.5. The first kappa shape index (κ1) is 17.9. The van der Waals surface area contributed by atoms with Crippen LogP contribution in [0.25, 0.3) is 17.0 Å². The maximum Gasteiger partial charge on any atom is 0.352 e. The second kappa shape index (κ2) is 7.28. The Morgan fingerprint density at radius 2 is 1.82 bits per heavy atom. The topological polar surface area (TPSA) is 81.3 Å². The minimum atomic E-state index is -0.435. The SMILES string of the molecule is Cc1cc2nn(CC(=O)Nc3ccccc3)c(=O)n2c(-c2ccc(Cl)cc2)n1. The Bertz CT molecular complexity index is 1210. The quantitative estimate of drug-likeness (QED) is 0.577. The van der Waals surface area contributed by atoms with Crippen LogP contribution in [-0.2, 0) is 11.3 Å². The number of aryl methyl sites for hydroxylation is 1. The molecule has 0 spiro atoms. The summed E-state index contributed by atoms with van der Waals surface area (Å²) < 4.78 is 2.53. The molecule has 0 saturated carbocycles. The lowest BCUT2D eigenvalue weighted by atomic mass is 10.2. The van der Waals surface area contributed by atoms with Gasteiger partial charge in [0.25, 0.3) is 0 Å². The molecule has 140 valence electrons. The van der Waals surface area contributed by atoms with Gasteiger partial charge in [0.2, 0.25) is 5.91 Å². The molecule has 0 atom stereocenters. The van der Waals surface area contributed by atoms with E-state index in [0.717, 1.165) is 10.2 Å². The average Bonchev–Trinajstić information content (AvgIpc) is 2.97. The summed E-state index contributed by atoms with van der Waals surface area (Å²) in [6, 6.07) is 17.8. The van der Waals surface area contributed by atoms with Gasteiger partial charge < -0.3 is 5.32 Å². The van der Waals surface area contributed by atoms with E-state index >= 15 is 0 Å². The van der Waals surface area contributed by atoms with Gasteiger partial charge >= 0.3 is 5.69 Å². The zero-order valence-electron chi connectivity index (χ0n) is 15.0. The number of para-hydroxylation sites is 1. The van der Waals surface area contributed by atoms with Gasteiger partial charge in [-0.3, -0.25) is 4.79 Å². The predicted octanol–water partition coefficient (Wildman–Crippen LogP) is 3.16. The van der Waals surface area contributed by atoms with Gasteiger partial charge in [-0.05, 0) is 43.3 Å². The number of amides is 1. The molecule has 0 saturated heterocycles. The van der Waals surface area contributed by atoms with Crippen molar-refractivity contribution >= 4 is 28.8 Å². The summed E-state index contributed by atoms with van der Waals surface area (Å²) in [5, 5.41) is 7.64. The Morgan fingerprint density at radius 3 is 2.54 bits per heavy atom. The van der Waals surface area contributed by atoms with Gasteiger partial charge in [0, 0.05) is 28.0 Å². The van der Waals surface area contributed by atoms with Crippen LogP contribution >= 0.6 is 11.6 Å². The minimum Gasteiger partial charge on any atom is -0.324 e. The van der Waals surface area contributed by atoms with Crippen molar-refractivity contribution in [2.45, 2.75) is 13.5 Å². The Morgan fingerprint density at radius 1 is 1.11 bits per heavy atom. The van der Waals surface area contributed by atoms with Gasteiger partial charge in [0.15, 0.2) is 5.65 Å². The third-order valence-electron chi connectivity index (χ3n) is 4.15. The fourth-order valence-corrected chi connectivity index (χ4v) is 3.03. The van der Waals surface area contributed by atoms with Gasteiger partial charge in [0.1, 0.15) is 12.4 Å². The monoisotopic (exact) mass is 393 g/mol. The first-order valence-electron chi connectivity index (χ1n) is 8.59. The molecular weight excluding hydrogens is 378 g/mol. The maximum absolute atomic E-state index is 12.9. The van der Waals surface area contributed by atoms with Crippen LogP contribution < -0.4 is 11.0 Å². The fraction of sp³-hybridized carbons (Fsp3) is 0.100. The molecule has 0 radical (unpaired) electrons. The number of aromatic nitrogens is 4. The molecule has 0 unspecified atom stereocenters. The van der Waals surface area contributed by atoms with Crippen molar-refractivity contribution < 1.29 is 4.79 Å². The van der Waals surface area contributed by atoms with E-state index in [2.05, 4.69) is 15.4 Å². The number of hydrogen-bond donors (Lipinski definition) is 1. The molecule has 4 aromatic rings. The molecule has 2 aromatic heterocycles. The molecule has 0 aliphatic carbocycles. The van der Waals surface area contributed by atoms with E-state index in [1.165, 1.54) is 4.40 Å². The molecule has 2 aromatic carbocycles. The van der Waals surface area contributed by atoms with Crippen molar-refractivity contribution in [3.63, 3.8) is 0 Å². The molecule has 7 nitrogen and oxygen atoms in total. The third kappa shape index (κ3) is 3.52. The number of fused-ring (bicyclic) bond motifs is 1. The number of anilines is 1. The second-order valence-electron chi connectivity index (χ2n) is 6.28. The van der Waals surface area contributed by atoms with Gasteiger partial charge in [0.05, 0.1) is 0 Å². The number of halogens is 1. The summed E-state index contributed by atoms with van der Waals surface area (Å²) in [5.74, 6) is 0.112. The molecule has 0 aliphatic heterocycles. The van der Waals surface area contributed by atoms with Crippen LogP contribution in [0.5, 0.6) is 0 Å². The van der Waals surface area contributed by atoms with E-state index in [4.69, 9.17) is 11.6 Å². The number of carbonyl (C=O) groups excluding carboxylic acids is 1. The summed E-state index contributed by atoms with van der Waals surface area (Å²) in [4.78, 5) is 29.7. The minimum absolute atomic E-state index is 0.200. The highest BCUT2D eigenvalue weighted by atomic mass is 35.5. The lowest BCUT2D eigenvalue weighted by Gasteiger charge is -2.05. The van der Waals surface area contributed by atoms with Crippen molar-refractivity contribution in [2.24, 2.45) is 0 Å².